The Morgan fingerprint density at radius 3 is 2.83 bits per heavy atom. The Bertz CT molecular complexity index is 516. The quantitative estimate of drug-likeness (QED) is 0.882. The lowest BCUT2D eigenvalue weighted by atomic mass is 10.1. The molecule has 0 amide bonds. The van der Waals surface area contributed by atoms with Crippen molar-refractivity contribution in [2.75, 3.05) is 7.11 Å². The normalized spacial score (nSPS) is 12.7. The minimum atomic E-state index is -0.359. The average Bonchev–Trinajstić information content (AvgIpc) is 2.95. The van der Waals surface area contributed by atoms with Gasteiger partial charge in [-0.15, -0.1) is 0 Å². The van der Waals surface area contributed by atoms with Crippen LogP contribution in [-0.4, -0.2) is 16.9 Å². The fraction of sp³-hybridized carbons (Fsp3) is 0.462. The lowest BCUT2D eigenvalue weighted by Gasteiger charge is -2.13. The molecule has 1 atom stereocenters. The van der Waals surface area contributed by atoms with E-state index in [1.54, 1.807) is 13.3 Å². The van der Waals surface area contributed by atoms with E-state index in [-0.39, 0.29) is 6.04 Å². The number of furan rings is 1. The first-order valence-corrected chi connectivity index (χ1v) is 6.09. The van der Waals surface area contributed by atoms with Crippen LogP contribution in [0.4, 0.5) is 0 Å². The number of hydrogen-bond donors (Lipinski definition) is 1. The molecule has 0 radical (unpaired) electrons. The van der Waals surface area contributed by atoms with E-state index in [1.165, 1.54) is 0 Å². The van der Waals surface area contributed by atoms with Gasteiger partial charge in [0.15, 0.2) is 5.75 Å². The molecule has 0 aliphatic carbocycles. The van der Waals surface area contributed by atoms with E-state index in [0.717, 1.165) is 30.2 Å². The standard InChI is InChI=1S/C13H19N3O2/c1-4-7-16-13(11(17-3)8-15-16)12(14)10-6-5-9(2)18-10/h5-6,8,12H,4,7,14H2,1-3H3. The van der Waals surface area contributed by atoms with Crippen molar-refractivity contribution in [2.45, 2.75) is 32.9 Å². The number of methoxy groups -OCH3 is 1. The summed E-state index contributed by atoms with van der Waals surface area (Å²) >= 11 is 0. The number of rotatable bonds is 5. The smallest absolute Gasteiger partial charge is 0.162 e. The molecule has 0 fully saturated rings. The van der Waals surface area contributed by atoms with Crippen LogP contribution in [-0.2, 0) is 6.54 Å². The fourth-order valence-electron chi connectivity index (χ4n) is 1.99. The van der Waals surface area contributed by atoms with E-state index in [9.17, 15) is 0 Å². The Balaban J connectivity index is 2.38. The van der Waals surface area contributed by atoms with Gasteiger partial charge in [-0.1, -0.05) is 6.92 Å². The van der Waals surface area contributed by atoms with E-state index in [2.05, 4.69) is 12.0 Å². The van der Waals surface area contributed by atoms with Crippen LogP contribution in [0, 0.1) is 6.92 Å². The minimum Gasteiger partial charge on any atom is -0.493 e. The van der Waals surface area contributed by atoms with Gasteiger partial charge in [-0.2, -0.15) is 5.10 Å². The van der Waals surface area contributed by atoms with Crippen molar-refractivity contribution in [2.24, 2.45) is 5.73 Å². The molecule has 0 bridgehead atoms. The molecule has 0 spiro atoms. The van der Waals surface area contributed by atoms with Crippen LogP contribution < -0.4 is 10.5 Å². The number of aromatic nitrogens is 2. The number of nitrogens with zero attached hydrogens (tertiary/aromatic N) is 2. The Labute approximate surface area is 107 Å². The van der Waals surface area contributed by atoms with Crippen LogP contribution in [0.5, 0.6) is 5.75 Å². The van der Waals surface area contributed by atoms with Crippen molar-refractivity contribution in [3.63, 3.8) is 0 Å². The van der Waals surface area contributed by atoms with Crippen LogP contribution in [0.2, 0.25) is 0 Å². The topological polar surface area (TPSA) is 66.2 Å². The molecule has 98 valence electrons. The molecule has 0 saturated carbocycles. The highest BCUT2D eigenvalue weighted by Crippen LogP contribution is 2.29. The maximum Gasteiger partial charge on any atom is 0.162 e. The minimum absolute atomic E-state index is 0.359. The van der Waals surface area contributed by atoms with Gasteiger partial charge in [0.25, 0.3) is 0 Å². The first kappa shape index (κ1) is 12.7. The summed E-state index contributed by atoms with van der Waals surface area (Å²) in [5.41, 5.74) is 7.10. The van der Waals surface area contributed by atoms with Gasteiger partial charge in [0.2, 0.25) is 0 Å². The summed E-state index contributed by atoms with van der Waals surface area (Å²) in [6.07, 6.45) is 2.68. The summed E-state index contributed by atoms with van der Waals surface area (Å²) < 4.78 is 12.8. The van der Waals surface area contributed by atoms with Crippen molar-refractivity contribution in [3.05, 3.63) is 35.5 Å². The van der Waals surface area contributed by atoms with Crippen molar-refractivity contribution in [1.82, 2.24) is 9.78 Å². The molecule has 0 aromatic carbocycles. The fourth-order valence-corrected chi connectivity index (χ4v) is 1.99. The monoisotopic (exact) mass is 249 g/mol. The van der Waals surface area contributed by atoms with Gasteiger partial charge in [0, 0.05) is 6.54 Å². The lowest BCUT2D eigenvalue weighted by Crippen LogP contribution is -2.18. The lowest BCUT2D eigenvalue weighted by molar-refractivity contribution is 0.394. The molecule has 0 aliphatic heterocycles. The van der Waals surface area contributed by atoms with Gasteiger partial charge in [0.1, 0.15) is 23.3 Å². The summed E-state index contributed by atoms with van der Waals surface area (Å²) in [7, 11) is 1.62. The van der Waals surface area contributed by atoms with Crippen LogP contribution in [0.15, 0.2) is 22.7 Å². The summed E-state index contributed by atoms with van der Waals surface area (Å²) in [5, 5.41) is 4.30. The zero-order chi connectivity index (χ0) is 13.1. The van der Waals surface area contributed by atoms with Crippen LogP contribution in [0.3, 0.4) is 0 Å². The third-order valence-corrected chi connectivity index (χ3v) is 2.86. The molecule has 0 saturated heterocycles. The van der Waals surface area contributed by atoms with E-state index >= 15 is 0 Å². The molecular weight excluding hydrogens is 230 g/mol. The molecule has 2 aromatic rings. The molecule has 5 nitrogen and oxygen atoms in total. The predicted molar refractivity (Wildman–Crippen MR) is 68.5 cm³/mol. The zero-order valence-electron chi connectivity index (χ0n) is 11.0. The molecule has 2 heterocycles. The highest BCUT2D eigenvalue weighted by Gasteiger charge is 2.22. The van der Waals surface area contributed by atoms with Gasteiger partial charge in [-0.05, 0) is 25.5 Å². The molecule has 18 heavy (non-hydrogen) atoms. The first-order chi connectivity index (χ1) is 8.67. The van der Waals surface area contributed by atoms with Crippen LogP contribution >= 0.6 is 0 Å². The van der Waals surface area contributed by atoms with Crippen molar-refractivity contribution < 1.29 is 9.15 Å². The summed E-state index contributed by atoms with van der Waals surface area (Å²) in [5.74, 6) is 2.27. The predicted octanol–water partition coefficient (Wildman–Crippen LogP) is 2.25. The Hall–Kier alpha value is -1.75. The summed E-state index contributed by atoms with van der Waals surface area (Å²) in [6, 6.07) is 3.44. The van der Waals surface area contributed by atoms with E-state index < -0.39 is 0 Å². The molecular formula is C13H19N3O2. The SMILES string of the molecule is CCCn1ncc(OC)c1C(N)c1ccc(C)o1. The van der Waals surface area contributed by atoms with Crippen LogP contribution in [0.25, 0.3) is 0 Å². The maximum absolute atomic E-state index is 6.25. The van der Waals surface area contributed by atoms with Gasteiger partial charge in [0.05, 0.1) is 13.3 Å². The average molecular weight is 249 g/mol. The third kappa shape index (κ3) is 2.26. The largest absolute Gasteiger partial charge is 0.493 e. The van der Waals surface area contributed by atoms with Crippen LogP contribution in [0.1, 0.15) is 36.6 Å². The summed E-state index contributed by atoms with van der Waals surface area (Å²) in [6.45, 7) is 4.81. The second-order valence-corrected chi connectivity index (χ2v) is 4.25. The number of hydrogen-bond acceptors (Lipinski definition) is 4. The number of ether oxygens (including phenoxy) is 1. The molecule has 1 unspecified atom stereocenters. The first-order valence-electron chi connectivity index (χ1n) is 6.09. The van der Waals surface area contributed by atoms with Crippen molar-refractivity contribution in [1.29, 1.82) is 0 Å². The molecule has 5 heteroatoms. The Kier molecular flexibility index (Phi) is 3.72. The molecule has 2 rings (SSSR count). The Morgan fingerprint density at radius 2 is 2.28 bits per heavy atom. The number of aryl methyl sites for hydroxylation is 2. The van der Waals surface area contributed by atoms with Gasteiger partial charge in [-0.25, -0.2) is 0 Å². The second kappa shape index (κ2) is 5.27. The Morgan fingerprint density at radius 1 is 1.50 bits per heavy atom. The highest BCUT2D eigenvalue weighted by molar-refractivity contribution is 5.33. The maximum atomic E-state index is 6.25. The summed E-state index contributed by atoms with van der Waals surface area (Å²) in [4.78, 5) is 0. The van der Waals surface area contributed by atoms with E-state index in [0.29, 0.717) is 5.75 Å². The van der Waals surface area contributed by atoms with E-state index in [1.807, 2.05) is 23.7 Å². The highest BCUT2D eigenvalue weighted by atomic mass is 16.5. The zero-order valence-corrected chi connectivity index (χ0v) is 11.0. The van der Waals surface area contributed by atoms with Gasteiger partial charge >= 0.3 is 0 Å². The molecule has 2 aromatic heterocycles. The van der Waals surface area contributed by atoms with E-state index in [4.69, 9.17) is 14.9 Å². The molecule has 2 N–H and O–H groups in total. The van der Waals surface area contributed by atoms with Crippen molar-refractivity contribution >= 4 is 0 Å². The second-order valence-electron chi connectivity index (χ2n) is 4.25. The van der Waals surface area contributed by atoms with Crippen molar-refractivity contribution in [3.8, 4) is 5.75 Å². The number of nitrogens with two attached hydrogens (primary N) is 1. The third-order valence-electron chi connectivity index (χ3n) is 2.86. The van der Waals surface area contributed by atoms with Gasteiger partial charge in [-0.3, -0.25) is 4.68 Å². The molecule has 0 aliphatic rings. The van der Waals surface area contributed by atoms with Gasteiger partial charge < -0.3 is 14.9 Å².